The Balaban J connectivity index is 1.93. The predicted octanol–water partition coefficient (Wildman–Crippen LogP) is 2.15. The van der Waals surface area contributed by atoms with Crippen molar-refractivity contribution in [3.8, 4) is 0 Å². The van der Waals surface area contributed by atoms with Gasteiger partial charge in [-0.1, -0.05) is 6.07 Å². The molecular formula is C12H18N2O2S. The summed E-state index contributed by atoms with van der Waals surface area (Å²) in [4.78, 5) is 14.5. The van der Waals surface area contributed by atoms with Gasteiger partial charge in [0.15, 0.2) is 0 Å². The normalized spacial score (nSPS) is 18.7. The number of carbonyl (C=O) groups excluding carboxylic acids is 1. The lowest BCUT2D eigenvalue weighted by Crippen LogP contribution is -2.66. The van der Waals surface area contributed by atoms with Gasteiger partial charge in [-0.3, -0.25) is 0 Å². The summed E-state index contributed by atoms with van der Waals surface area (Å²) >= 11 is 1.63. The molecule has 2 rings (SSSR count). The Kier molecular flexibility index (Phi) is 2.91. The van der Waals surface area contributed by atoms with Gasteiger partial charge in [0.2, 0.25) is 0 Å². The van der Waals surface area contributed by atoms with Crippen molar-refractivity contribution in [1.29, 1.82) is 0 Å². The Morgan fingerprint density at radius 2 is 2.18 bits per heavy atom. The van der Waals surface area contributed by atoms with Gasteiger partial charge in [-0.05, 0) is 32.2 Å². The molecule has 1 aromatic heterocycles. The molecule has 17 heavy (non-hydrogen) atoms. The predicted molar refractivity (Wildman–Crippen MR) is 68.0 cm³/mol. The van der Waals surface area contributed by atoms with Crippen LogP contribution in [0, 0.1) is 0 Å². The van der Waals surface area contributed by atoms with Crippen LogP contribution in [0.3, 0.4) is 0 Å². The first kappa shape index (κ1) is 12.4. The summed E-state index contributed by atoms with van der Waals surface area (Å²) in [6.45, 7) is 6.64. The van der Waals surface area contributed by atoms with Crippen molar-refractivity contribution >= 4 is 17.4 Å². The Labute approximate surface area is 105 Å². The molecule has 1 saturated heterocycles. The van der Waals surface area contributed by atoms with Crippen LogP contribution >= 0.6 is 11.3 Å². The number of rotatable bonds is 1. The topological polar surface area (TPSA) is 55.6 Å². The summed E-state index contributed by atoms with van der Waals surface area (Å²) in [5, 5.41) is 2.00. The fraction of sp³-hybridized carbons (Fsp3) is 0.583. The van der Waals surface area contributed by atoms with Crippen LogP contribution in [0.15, 0.2) is 17.5 Å². The van der Waals surface area contributed by atoms with Crippen molar-refractivity contribution in [2.75, 3.05) is 13.1 Å². The Morgan fingerprint density at radius 1 is 1.53 bits per heavy atom. The number of hydrogen-bond acceptors (Lipinski definition) is 4. The lowest BCUT2D eigenvalue weighted by atomic mass is 9.90. The number of nitrogens with zero attached hydrogens (tertiary/aromatic N) is 1. The minimum Gasteiger partial charge on any atom is -0.444 e. The second kappa shape index (κ2) is 3.99. The van der Waals surface area contributed by atoms with Crippen LogP contribution in [0.25, 0.3) is 0 Å². The third-order valence-electron chi connectivity index (χ3n) is 2.61. The number of likely N-dealkylation sites (tertiary alicyclic amines) is 1. The molecule has 0 aromatic carbocycles. The molecule has 0 spiro atoms. The minimum atomic E-state index is -0.452. The average molecular weight is 254 g/mol. The maximum absolute atomic E-state index is 11.7. The number of amides is 1. The Hall–Kier alpha value is -1.07. The molecule has 5 heteroatoms. The van der Waals surface area contributed by atoms with Gasteiger partial charge in [0, 0.05) is 18.0 Å². The Morgan fingerprint density at radius 3 is 2.65 bits per heavy atom. The van der Waals surface area contributed by atoms with E-state index in [9.17, 15) is 4.79 Å². The van der Waals surface area contributed by atoms with Gasteiger partial charge in [0.1, 0.15) is 5.60 Å². The van der Waals surface area contributed by atoms with E-state index in [1.165, 1.54) is 0 Å². The van der Waals surface area contributed by atoms with Crippen LogP contribution in [0.1, 0.15) is 25.6 Å². The van der Waals surface area contributed by atoms with E-state index in [0.717, 1.165) is 4.88 Å². The molecule has 0 atom stereocenters. The number of ether oxygens (including phenoxy) is 1. The van der Waals surface area contributed by atoms with Gasteiger partial charge in [-0.15, -0.1) is 11.3 Å². The molecule has 1 aliphatic rings. The molecule has 0 bridgehead atoms. The van der Waals surface area contributed by atoms with Gasteiger partial charge in [-0.2, -0.15) is 0 Å². The van der Waals surface area contributed by atoms with E-state index >= 15 is 0 Å². The zero-order valence-electron chi connectivity index (χ0n) is 10.4. The molecule has 4 nitrogen and oxygen atoms in total. The van der Waals surface area contributed by atoms with Crippen molar-refractivity contribution in [2.24, 2.45) is 5.73 Å². The first-order valence-corrected chi connectivity index (χ1v) is 6.49. The highest BCUT2D eigenvalue weighted by Crippen LogP contribution is 2.33. The van der Waals surface area contributed by atoms with Crippen molar-refractivity contribution in [1.82, 2.24) is 4.90 Å². The van der Waals surface area contributed by atoms with E-state index in [1.807, 2.05) is 38.3 Å². The van der Waals surface area contributed by atoms with Crippen molar-refractivity contribution in [3.05, 3.63) is 22.4 Å². The highest BCUT2D eigenvalue weighted by Gasteiger charge is 2.45. The average Bonchev–Trinajstić information content (AvgIpc) is 2.62. The molecule has 0 radical (unpaired) electrons. The SMILES string of the molecule is CC(C)(C)OC(=O)N1CC(N)(c2cccs2)C1. The summed E-state index contributed by atoms with van der Waals surface area (Å²) in [7, 11) is 0. The second-order valence-electron chi connectivity index (χ2n) is 5.47. The fourth-order valence-electron chi connectivity index (χ4n) is 1.81. The van der Waals surface area contributed by atoms with Crippen molar-refractivity contribution in [2.45, 2.75) is 31.9 Å². The number of carbonyl (C=O) groups is 1. The van der Waals surface area contributed by atoms with Crippen LogP contribution in [-0.4, -0.2) is 29.7 Å². The van der Waals surface area contributed by atoms with Crippen LogP contribution in [-0.2, 0) is 10.3 Å². The number of nitrogens with two attached hydrogens (primary N) is 1. The van der Waals surface area contributed by atoms with E-state index in [4.69, 9.17) is 10.5 Å². The molecule has 1 amide bonds. The van der Waals surface area contributed by atoms with E-state index in [2.05, 4.69) is 0 Å². The number of thiophene rings is 1. The molecule has 2 N–H and O–H groups in total. The summed E-state index contributed by atoms with van der Waals surface area (Å²) in [5.74, 6) is 0. The third kappa shape index (κ3) is 2.61. The summed E-state index contributed by atoms with van der Waals surface area (Å²) < 4.78 is 5.29. The molecule has 0 unspecified atom stereocenters. The third-order valence-corrected chi connectivity index (χ3v) is 3.70. The highest BCUT2D eigenvalue weighted by atomic mass is 32.1. The quantitative estimate of drug-likeness (QED) is 0.835. The summed E-state index contributed by atoms with van der Waals surface area (Å²) in [6, 6.07) is 3.99. The van der Waals surface area contributed by atoms with Crippen LogP contribution < -0.4 is 5.73 Å². The van der Waals surface area contributed by atoms with Gasteiger partial charge in [0.05, 0.1) is 5.54 Å². The van der Waals surface area contributed by atoms with E-state index < -0.39 is 5.60 Å². The molecule has 2 heterocycles. The lowest BCUT2D eigenvalue weighted by molar-refractivity contribution is -0.00823. The molecule has 1 fully saturated rings. The van der Waals surface area contributed by atoms with E-state index in [0.29, 0.717) is 13.1 Å². The van der Waals surface area contributed by atoms with E-state index in [-0.39, 0.29) is 11.6 Å². The maximum Gasteiger partial charge on any atom is 0.410 e. The fourth-order valence-corrected chi connectivity index (χ4v) is 2.63. The second-order valence-corrected chi connectivity index (χ2v) is 6.42. The van der Waals surface area contributed by atoms with Crippen LogP contribution in [0.5, 0.6) is 0 Å². The van der Waals surface area contributed by atoms with Gasteiger partial charge >= 0.3 is 6.09 Å². The first-order valence-electron chi connectivity index (χ1n) is 5.61. The number of hydrogen-bond donors (Lipinski definition) is 1. The molecule has 1 aromatic rings. The molecule has 0 saturated carbocycles. The smallest absolute Gasteiger partial charge is 0.410 e. The maximum atomic E-state index is 11.7. The largest absolute Gasteiger partial charge is 0.444 e. The van der Waals surface area contributed by atoms with Crippen molar-refractivity contribution in [3.63, 3.8) is 0 Å². The molecule has 0 aliphatic carbocycles. The van der Waals surface area contributed by atoms with Gasteiger partial charge in [-0.25, -0.2) is 4.79 Å². The first-order chi connectivity index (χ1) is 7.80. The van der Waals surface area contributed by atoms with E-state index in [1.54, 1.807) is 16.2 Å². The lowest BCUT2D eigenvalue weighted by Gasteiger charge is -2.46. The van der Waals surface area contributed by atoms with Gasteiger partial charge < -0.3 is 15.4 Å². The monoisotopic (exact) mass is 254 g/mol. The highest BCUT2D eigenvalue weighted by molar-refractivity contribution is 7.10. The van der Waals surface area contributed by atoms with Crippen LogP contribution in [0.4, 0.5) is 4.79 Å². The standard InChI is InChI=1S/C12H18N2O2S/c1-11(2,3)16-10(15)14-7-12(13,8-14)9-5-4-6-17-9/h4-6H,7-8,13H2,1-3H3. The summed E-state index contributed by atoms with van der Waals surface area (Å²) in [6.07, 6.45) is -0.282. The molecular weight excluding hydrogens is 236 g/mol. The molecule has 1 aliphatic heterocycles. The Bertz CT molecular complexity index is 403. The summed E-state index contributed by atoms with van der Waals surface area (Å²) in [5.41, 5.74) is 5.39. The molecule has 94 valence electrons. The van der Waals surface area contributed by atoms with Gasteiger partial charge in [0.25, 0.3) is 0 Å². The zero-order chi connectivity index (χ0) is 12.7. The van der Waals surface area contributed by atoms with Crippen LogP contribution in [0.2, 0.25) is 0 Å². The van der Waals surface area contributed by atoms with Crippen molar-refractivity contribution < 1.29 is 9.53 Å². The zero-order valence-corrected chi connectivity index (χ0v) is 11.2. The minimum absolute atomic E-state index is 0.282.